The minimum Gasteiger partial charge on any atom is -0.396 e. The predicted octanol–water partition coefficient (Wildman–Crippen LogP) is 2.19. The lowest BCUT2D eigenvalue weighted by Crippen LogP contribution is -2.33. The molecule has 0 radical (unpaired) electrons. The van der Waals surface area contributed by atoms with Gasteiger partial charge >= 0.3 is 0 Å². The number of anilines is 1. The molecule has 0 aromatic heterocycles. The Balaban J connectivity index is 1.95. The molecule has 98 valence electrons. The highest BCUT2D eigenvalue weighted by atomic mass is 16.6. The number of aliphatic hydroxyl groups excluding tert-OH is 1. The summed E-state index contributed by atoms with van der Waals surface area (Å²) in [6.45, 7) is 2.19. The van der Waals surface area contributed by atoms with Crippen LogP contribution < -0.4 is 4.90 Å². The van der Waals surface area contributed by atoms with Crippen molar-refractivity contribution in [2.75, 3.05) is 24.6 Å². The van der Waals surface area contributed by atoms with Crippen molar-refractivity contribution < 1.29 is 10.0 Å². The number of non-ortho nitro benzene ring substituents is 1. The number of nitro groups is 1. The van der Waals surface area contributed by atoms with Crippen molar-refractivity contribution in [3.63, 3.8) is 0 Å². The fourth-order valence-corrected chi connectivity index (χ4v) is 2.45. The maximum Gasteiger partial charge on any atom is 0.269 e. The second kappa shape index (κ2) is 5.82. The summed E-state index contributed by atoms with van der Waals surface area (Å²) in [5.41, 5.74) is 1.18. The quantitative estimate of drug-likeness (QED) is 0.657. The Morgan fingerprint density at radius 2 is 1.89 bits per heavy atom. The predicted molar refractivity (Wildman–Crippen MR) is 69.7 cm³/mol. The van der Waals surface area contributed by atoms with Gasteiger partial charge in [0.2, 0.25) is 0 Å². The van der Waals surface area contributed by atoms with E-state index >= 15 is 0 Å². The molecule has 0 saturated carbocycles. The Kier molecular flexibility index (Phi) is 4.15. The number of rotatable bonds is 4. The molecule has 0 amide bonds. The van der Waals surface area contributed by atoms with Crippen molar-refractivity contribution >= 4 is 11.4 Å². The number of hydrogen-bond donors (Lipinski definition) is 1. The maximum absolute atomic E-state index is 10.6. The molecule has 18 heavy (non-hydrogen) atoms. The highest BCUT2D eigenvalue weighted by Crippen LogP contribution is 2.26. The van der Waals surface area contributed by atoms with Crippen molar-refractivity contribution in [2.24, 2.45) is 5.92 Å². The zero-order chi connectivity index (χ0) is 13.0. The molecule has 1 aliphatic heterocycles. The lowest BCUT2D eigenvalue weighted by Gasteiger charge is -2.33. The van der Waals surface area contributed by atoms with Crippen LogP contribution in [0.4, 0.5) is 11.4 Å². The monoisotopic (exact) mass is 250 g/mol. The number of hydrogen-bond acceptors (Lipinski definition) is 4. The van der Waals surface area contributed by atoms with E-state index < -0.39 is 0 Å². The second-order valence-corrected chi connectivity index (χ2v) is 4.72. The summed E-state index contributed by atoms with van der Waals surface area (Å²) in [5.74, 6) is 0.615. The summed E-state index contributed by atoms with van der Waals surface area (Å²) >= 11 is 0. The molecule has 1 aliphatic rings. The molecule has 0 spiro atoms. The van der Waals surface area contributed by atoms with Gasteiger partial charge in [0.25, 0.3) is 5.69 Å². The van der Waals surface area contributed by atoms with Crippen LogP contribution in [0.2, 0.25) is 0 Å². The molecule has 1 aromatic rings. The molecule has 1 saturated heterocycles. The zero-order valence-corrected chi connectivity index (χ0v) is 10.3. The van der Waals surface area contributed by atoms with Crippen LogP contribution in [0, 0.1) is 16.0 Å². The molecule has 5 nitrogen and oxygen atoms in total. The van der Waals surface area contributed by atoms with Crippen molar-refractivity contribution in [1.29, 1.82) is 0 Å². The third-order valence-electron chi connectivity index (χ3n) is 3.58. The van der Waals surface area contributed by atoms with Crippen molar-refractivity contribution in [3.05, 3.63) is 34.4 Å². The van der Waals surface area contributed by atoms with E-state index in [9.17, 15) is 10.1 Å². The molecule has 5 heteroatoms. The van der Waals surface area contributed by atoms with Crippen LogP contribution in [0.3, 0.4) is 0 Å². The van der Waals surface area contributed by atoms with Gasteiger partial charge in [0.15, 0.2) is 0 Å². The van der Waals surface area contributed by atoms with Crippen molar-refractivity contribution in [3.8, 4) is 0 Å². The molecule has 2 rings (SSSR count). The van der Waals surface area contributed by atoms with Gasteiger partial charge in [0.05, 0.1) is 4.92 Å². The first-order valence-corrected chi connectivity index (χ1v) is 6.31. The Hall–Kier alpha value is -1.62. The SMILES string of the molecule is O=[N+]([O-])c1ccc(N2CCC(CCO)CC2)cc1. The van der Waals surface area contributed by atoms with E-state index in [-0.39, 0.29) is 17.2 Å². The summed E-state index contributed by atoms with van der Waals surface area (Å²) < 4.78 is 0. The van der Waals surface area contributed by atoms with E-state index in [0.29, 0.717) is 5.92 Å². The fourth-order valence-electron chi connectivity index (χ4n) is 2.45. The minimum absolute atomic E-state index is 0.133. The average Bonchev–Trinajstić information content (AvgIpc) is 2.40. The zero-order valence-electron chi connectivity index (χ0n) is 10.3. The van der Waals surface area contributed by atoms with E-state index in [4.69, 9.17) is 5.11 Å². The Morgan fingerprint density at radius 3 is 2.39 bits per heavy atom. The standard InChI is InChI=1S/C13H18N2O3/c16-10-7-11-5-8-14(9-6-11)12-1-3-13(4-2-12)15(17)18/h1-4,11,16H,5-10H2. The van der Waals surface area contributed by atoms with E-state index in [1.807, 2.05) is 12.1 Å². The third-order valence-corrected chi connectivity index (χ3v) is 3.58. The van der Waals surface area contributed by atoms with E-state index in [1.165, 1.54) is 0 Å². The smallest absolute Gasteiger partial charge is 0.269 e. The van der Waals surface area contributed by atoms with Crippen LogP contribution in [0.25, 0.3) is 0 Å². The summed E-state index contributed by atoms with van der Waals surface area (Å²) in [7, 11) is 0. The first-order chi connectivity index (χ1) is 8.70. The van der Waals surface area contributed by atoms with Gasteiger partial charge in [-0.2, -0.15) is 0 Å². The van der Waals surface area contributed by atoms with Crippen LogP contribution in [0.15, 0.2) is 24.3 Å². The largest absolute Gasteiger partial charge is 0.396 e. The van der Waals surface area contributed by atoms with Gasteiger partial charge in [-0.15, -0.1) is 0 Å². The Morgan fingerprint density at radius 1 is 1.28 bits per heavy atom. The van der Waals surface area contributed by atoms with Crippen LogP contribution in [-0.2, 0) is 0 Å². The summed E-state index contributed by atoms with van der Waals surface area (Å²) in [6.07, 6.45) is 3.04. The first-order valence-electron chi connectivity index (χ1n) is 6.31. The molecule has 0 aliphatic carbocycles. The molecule has 1 fully saturated rings. The first kappa shape index (κ1) is 12.8. The molecule has 0 atom stereocenters. The molecular formula is C13H18N2O3. The normalized spacial score (nSPS) is 16.8. The van der Waals surface area contributed by atoms with Gasteiger partial charge in [-0.25, -0.2) is 0 Å². The van der Waals surface area contributed by atoms with Gasteiger partial charge in [0, 0.05) is 37.5 Å². The number of piperidine rings is 1. The lowest BCUT2D eigenvalue weighted by atomic mass is 9.93. The van der Waals surface area contributed by atoms with E-state index in [1.54, 1.807) is 12.1 Å². The van der Waals surface area contributed by atoms with Gasteiger partial charge in [0.1, 0.15) is 0 Å². The van der Waals surface area contributed by atoms with Crippen LogP contribution in [0.1, 0.15) is 19.3 Å². The Labute approximate surface area is 106 Å². The van der Waals surface area contributed by atoms with Crippen LogP contribution in [-0.4, -0.2) is 29.7 Å². The molecule has 1 N–H and O–H groups in total. The maximum atomic E-state index is 10.6. The van der Waals surface area contributed by atoms with Gasteiger partial charge < -0.3 is 10.0 Å². The van der Waals surface area contributed by atoms with Crippen molar-refractivity contribution in [2.45, 2.75) is 19.3 Å². The number of nitro benzene ring substituents is 1. The fraction of sp³-hybridized carbons (Fsp3) is 0.538. The minimum atomic E-state index is -0.378. The van der Waals surface area contributed by atoms with Gasteiger partial charge in [-0.3, -0.25) is 10.1 Å². The van der Waals surface area contributed by atoms with E-state index in [2.05, 4.69) is 4.90 Å². The Bertz CT molecular complexity index is 397. The molecule has 0 bridgehead atoms. The van der Waals surface area contributed by atoms with E-state index in [0.717, 1.165) is 38.0 Å². The molecule has 0 unspecified atom stereocenters. The lowest BCUT2D eigenvalue weighted by molar-refractivity contribution is -0.384. The molecule has 1 aromatic carbocycles. The van der Waals surface area contributed by atoms with Crippen molar-refractivity contribution in [1.82, 2.24) is 0 Å². The third kappa shape index (κ3) is 2.98. The van der Waals surface area contributed by atoms with Crippen LogP contribution in [0.5, 0.6) is 0 Å². The average molecular weight is 250 g/mol. The summed E-state index contributed by atoms with van der Waals surface area (Å²) in [4.78, 5) is 12.4. The molecular weight excluding hydrogens is 232 g/mol. The highest BCUT2D eigenvalue weighted by molar-refractivity contribution is 5.51. The highest BCUT2D eigenvalue weighted by Gasteiger charge is 2.19. The van der Waals surface area contributed by atoms with Gasteiger partial charge in [-0.05, 0) is 37.3 Å². The summed E-state index contributed by atoms with van der Waals surface area (Å²) in [6, 6.07) is 6.72. The topological polar surface area (TPSA) is 66.6 Å². The number of benzene rings is 1. The van der Waals surface area contributed by atoms with Gasteiger partial charge in [-0.1, -0.05) is 0 Å². The van der Waals surface area contributed by atoms with Crippen LogP contribution >= 0.6 is 0 Å². The summed E-state index contributed by atoms with van der Waals surface area (Å²) in [5, 5.41) is 19.5. The molecule has 1 heterocycles. The number of aliphatic hydroxyl groups is 1. The second-order valence-electron chi connectivity index (χ2n) is 4.72. The number of nitrogens with zero attached hydrogens (tertiary/aromatic N) is 2.